The minimum Gasteiger partial charge on any atom is -0.298 e. The summed E-state index contributed by atoms with van der Waals surface area (Å²) in [7, 11) is 0. The molecule has 0 fully saturated rings. The number of carbonyl (C=O) groups is 1. The van der Waals surface area contributed by atoms with Gasteiger partial charge in [0, 0.05) is 23.1 Å². The fourth-order valence-corrected chi connectivity index (χ4v) is 2.38. The zero-order valence-electron chi connectivity index (χ0n) is 11.0. The average Bonchev–Trinajstić information content (AvgIpc) is 2.87. The van der Waals surface area contributed by atoms with Gasteiger partial charge in [0.15, 0.2) is 5.13 Å². The van der Waals surface area contributed by atoms with Crippen molar-refractivity contribution in [3.63, 3.8) is 0 Å². The highest BCUT2D eigenvalue weighted by molar-refractivity contribution is 7.14. The minimum atomic E-state index is -0.503. The Hall–Kier alpha value is -2.28. The number of nitro groups is 1. The van der Waals surface area contributed by atoms with Crippen LogP contribution in [0.5, 0.6) is 0 Å². The van der Waals surface area contributed by atoms with Crippen molar-refractivity contribution in [1.29, 1.82) is 0 Å². The maximum absolute atomic E-state index is 12.0. The molecule has 1 aromatic carbocycles. The third kappa shape index (κ3) is 3.18. The van der Waals surface area contributed by atoms with E-state index >= 15 is 0 Å². The molecule has 2 rings (SSSR count). The van der Waals surface area contributed by atoms with E-state index in [1.54, 1.807) is 0 Å². The molecule has 0 aliphatic rings. The number of nitro benzene ring substituents is 1. The average molecular weight is 291 g/mol. The number of carbonyl (C=O) groups excluding carboxylic acids is 1. The third-order valence-corrected chi connectivity index (χ3v) is 3.45. The summed E-state index contributed by atoms with van der Waals surface area (Å²) in [6.45, 7) is 4.05. The molecule has 104 valence electrons. The summed E-state index contributed by atoms with van der Waals surface area (Å²) in [5.74, 6) is -0.0270. The molecule has 20 heavy (non-hydrogen) atoms. The first-order valence-corrected chi connectivity index (χ1v) is 6.86. The quantitative estimate of drug-likeness (QED) is 0.690. The monoisotopic (exact) mass is 291 g/mol. The molecule has 0 bridgehead atoms. The van der Waals surface area contributed by atoms with Gasteiger partial charge < -0.3 is 0 Å². The Morgan fingerprint density at radius 3 is 2.50 bits per heavy atom. The molecular formula is C13H13N3O3S. The summed E-state index contributed by atoms with van der Waals surface area (Å²) in [4.78, 5) is 26.3. The lowest BCUT2D eigenvalue weighted by molar-refractivity contribution is -0.384. The smallest absolute Gasteiger partial charge is 0.269 e. The van der Waals surface area contributed by atoms with Crippen LogP contribution in [0.4, 0.5) is 10.8 Å². The molecular weight excluding hydrogens is 278 g/mol. The highest BCUT2D eigenvalue weighted by atomic mass is 32.1. The second-order valence-corrected chi connectivity index (χ2v) is 5.35. The minimum absolute atomic E-state index is 0.0436. The van der Waals surface area contributed by atoms with Crippen LogP contribution < -0.4 is 5.32 Å². The molecule has 0 saturated heterocycles. The molecule has 1 N–H and O–H groups in total. The lowest BCUT2D eigenvalue weighted by Gasteiger charge is -2.02. The van der Waals surface area contributed by atoms with E-state index in [9.17, 15) is 14.9 Å². The normalized spacial score (nSPS) is 10.6. The fourth-order valence-electron chi connectivity index (χ4n) is 1.51. The molecule has 0 unspecified atom stereocenters. The van der Waals surface area contributed by atoms with Crippen molar-refractivity contribution >= 4 is 28.1 Å². The molecule has 0 atom stereocenters. The Morgan fingerprint density at radius 1 is 1.35 bits per heavy atom. The van der Waals surface area contributed by atoms with Crippen molar-refractivity contribution in [1.82, 2.24) is 4.98 Å². The summed E-state index contributed by atoms with van der Waals surface area (Å²) in [5.41, 5.74) is 1.24. The van der Waals surface area contributed by atoms with Crippen LogP contribution >= 0.6 is 11.3 Å². The van der Waals surface area contributed by atoms with Gasteiger partial charge in [0.25, 0.3) is 11.6 Å². The van der Waals surface area contributed by atoms with Crippen molar-refractivity contribution in [2.24, 2.45) is 0 Å². The van der Waals surface area contributed by atoms with E-state index in [2.05, 4.69) is 10.3 Å². The number of aromatic nitrogens is 1. The molecule has 0 spiro atoms. The van der Waals surface area contributed by atoms with E-state index in [1.807, 2.05) is 19.2 Å². The number of thiazole rings is 1. The van der Waals surface area contributed by atoms with Crippen LogP contribution in [0.15, 0.2) is 29.6 Å². The number of anilines is 1. The molecule has 1 amide bonds. The van der Waals surface area contributed by atoms with Crippen LogP contribution in [0.2, 0.25) is 0 Å². The topological polar surface area (TPSA) is 85.1 Å². The summed E-state index contributed by atoms with van der Waals surface area (Å²) in [6.07, 6.45) is 0. The summed E-state index contributed by atoms with van der Waals surface area (Å²) in [6, 6.07) is 5.45. The van der Waals surface area contributed by atoms with Gasteiger partial charge in [-0.25, -0.2) is 4.98 Å². The Labute approximate surface area is 119 Å². The molecule has 2 aromatic rings. The van der Waals surface area contributed by atoms with Gasteiger partial charge in [-0.05, 0) is 18.1 Å². The van der Waals surface area contributed by atoms with E-state index in [0.717, 1.165) is 5.69 Å². The van der Waals surface area contributed by atoms with Crippen molar-refractivity contribution in [3.05, 3.63) is 51.0 Å². The molecule has 0 saturated carbocycles. The van der Waals surface area contributed by atoms with E-state index in [4.69, 9.17) is 0 Å². The van der Waals surface area contributed by atoms with Crippen molar-refractivity contribution < 1.29 is 9.72 Å². The van der Waals surface area contributed by atoms with Crippen molar-refractivity contribution in [3.8, 4) is 0 Å². The number of amides is 1. The Balaban J connectivity index is 2.09. The van der Waals surface area contributed by atoms with Crippen molar-refractivity contribution in [2.75, 3.05) is 5.32 Å². The van der Waals surface area contributed by atoms with Gasteiger partial charge in [-0.15, -0.1) is 11.3 Å². The Morgan fingerprint density at radius 2 is 2.00 bits per heavy atom. The van der Waals surface area contributed by atoms with Gasteiger partial charge in [-0.3, -0.25) is 20.2 Å². The molecule has 7 heteroatoms. The number of rotatable bonds is 4. The molecule has 6 nitrogen and oxygen atoms in total. The number of hydrogen-bond acceptors (Lipinski definition) is 5. The van der Waals surface area contributed by atoms with Crippen LogP contribution in [-0.2, 0) is 0 Å². The largest absolute Gasteiger partial charge is 0.298 e. The fraction of sp³-hybridized carbons (Fsp3) is 0.231. The first-order valence-electron chi connectivity index (χ1n) is 5.98. The zero-order chi connectivity index (χ0) is 14.7. The van der Waals surface area contributed by atoms with E-state index < -0.39 is 4.92 Å². The first-order chi connectivity index (χ1) is 9.47. The van der Waals surface area contributed by atoms with Gasteiger partial charge in [0.1, 0.15) is 0 Å². The van der Waals surface area contributed by atoms with E-state index in [1.165, 1.54) is 35.6 Å². The van der Waals surface area contributed by atoms with E-state index in [0.29, 0.717) is 16.6 Å². The van der Waals surface area contributed by atoms with Gasteiger partial charge in [0.05, 0.1) is 10.6 Å². The summed E-state index contributed by atoms with van der Waals surface area (Å²) >= 11 is 1.36. The SMILES string of the molecule is CC(C)c1csc(NC(=O)c2ccc([N+](=O)[O-])cc2)n1. The number of hydrogen-bond donors (Lipinski definition) is 1. The lowest BCUT2D eigenvalue weighted by atomic mass is 10.2. The van der Waals surface area contributed by atoms with Gasteiger partial charge in [-0.1, -0.05) is 13.8 Å². The second-order valence-electron chi connectivity index (χ2n) is 4.49. The van der Waals surface area contributed by atoms with Crippen molar-refractivity contribution in [2.45, 2.75) is 19.8 Å². The third-order valence-electron chi connectivity index (χ3n) is 2.67. The summed E-state index contributed by atoms with van der Waals surface area (Å²) in [5, 5.41) is 15.6. The standard InChI is InChI=1S/C13H13N3O3S/c1-8(2)11-7-20-13(14-11)15-12(17)9-3-5-10(6-4-9)16(18)19/h3-8H,1-2H3,(H,14,15,17). The maximum atomic E-state index is 12.0. The molecule has 0 radical (unpaired) electrons. The number of benzene rings is 1. The Bertz CT molecular complexity index is 635. The predicted molar refractivity (Wildman–Crippen MR) is 77.3 cm³/mol. The molecule has 1 aromatic heterocycles. The van der Waals surface area contributed by atoms with Gasteiger partial charge in [0.2, 0.25) is 0 Å². The number of non-ortho nitro benzene ring substituents is 1. The Kier molecular flexibility index (Phi) is 4.09. The molecule has 1 heterocycles. The van der Waals surface area contributed by atoms with Crippen LogP contribution in [0.1, 0.15) is 35.8 Å². The van der Waals surface area contributed by atoms with Gasteiger partial charge in [-0.2, -0.15) is 0 Å². The zero-order valence-corrected chi connectivity index (χ0v) is 11.8. The lowest BCUT2D eigenvalue weighted by Crippen LogP contribution is -2.11. The van der Waals surface area contributed by atoms with Gasteiger partial charge >= 0.3 is 0 Å². The maximum Gasteiger partial charge on any atom is 0.269 e. The van der Waals surface area contributed by atoms with Crippen LogP contribution in [0, 0.1) is 10.1 Å². The second kappa shape index (κ2) is 5.79. The van der Waals surface area contributed by atoms with Crippen LogP contribution in [-0.4, -0.2) is 15.8 Å². The summed E-state index contributed by atoms with van der Waals surface area (Å²) < 4.78 is 0. The van der Waals surface area contributed by atoms with Crippen LogP contribution in [0.3, 0.4) is 0 Å². The highest BCUT2D eigenvalue weighted by Crippen LogP contribution is 2.22. The van der Waals surface area contributed by atoms with Crippen LogP contribution in [0.25, 0.3) is 0 Å². The highest BCUT2D eigenvalue weighted by Gasteiger charge is 2.12. The number of nitrogens with one attached hydrogen (secondary N) is 1. The predicted octanol–water partition coefficient (Wildman–Crippen LogP) is 3.43. The van der Waals surface area contributed by atoms with E-state index in [-0.39, 0.29) is 11.6 Å². The molecule has 0 aliphatic carbocycles. The number of nitrogens with zero attached hydrogens (tertiary/aromatic N) is 2. The molecule has 0 aliphatic heterocycles. The first kappa shape index (κ1) is 14.1.